The summed E-state index contributed by atoms with van der Waals surface area (Å²) in [5.41, 5.74) is 2.60. The number of aromatic nitrogens is 1. The number of sulfone groups is 1. The smallest absolute Gasteiger partial charge is 0.242 e. The number of aryl methyl sites for hydroxylation is 1. The highest BCUT2D eigenvalue weighted by molar-refractivity contribution is 7.92. The van der Waals surface area contributed by atoms with Crippen LogP contribution in [0.25, 0.3) is 10.9 Å². The molecule has 0 bridgehead atoms. The van der Waals surface area contributed by atoms with Gasteiger partial charge in [-0.05, 0) is 38.1 Å². The number of aromatic amines is 1. The van der Waals surface area contributed by atoms with Crippen molar-refractivity contribution in [2.24, 2.45) is 0 Å². The minimum atomic E-state index is -3.38. The van der Waals surface area contributed by atoms with Gasteiger partial charge in [0.15, 0.2) is 9.84 Å². The molecular weight excluding hydrogens is 264 g/mol. The molecule has 1 amide bonds. The van der Waals surface area contributed by atoms with E-state index in [-0.39, 0.29) is 0 Å². The zero-order valence-electron chi connectivity index (χ0n) is 11.0. The van der Waals surface area contributed by atoms with Gasteiger partial charge in [0.05, 0.1) is 0 Å². The Balaban J connectivity index is 2.24. The molecule has 6 heteroatoms. The van der Waals surface area contributed by atoms with Crippen LogP contribution in [0.3, 0.4) is 0 Å². The number of benzene rings is 1. The molecule has 0 unspecified atom stereocenters. The van der Waals surface area contributed by atoms with E-state index in [9.17, 15) is 13.2 Å². The van der Waals surface area contributed by atoms with E-state index in [1.54, 1.807) is 6.07 Å². The first-order chi connectivity index (χ1) is 8.77. The van der Waals surface area contributed by atoms with Gasteiger partial charge in [0.1, 0.15) is 5.25 Å². The summed E-state index contributed by atoms with van der Waals surface area (Å²) in [6, 6.07) is 7.37. The zero-order chi connectivity index (χ0) is 14.2. The van der Waals surface area contributed by atoms with Crippen molar-refractivity contribution in [1.29, 1.82) is 0 Å². The van der Waals surface area contributed by atoms with Crippen LogP contribution in [0.2, 0.25) is 0 Å². The maximum Gasteiger partial charge on any atom is 0.242 e. The number of H-pyrrole nitrogens is 1. The lowest BCUT2D eigenvalue weighted by atomic mass is 10.2. The Hall–Kier alpha value is -1.82. The fourth-order valence-corrected chi connectivity index (χ4v) is 2.24. The molecule has 19 heavy (non-hydrogen) atoms. The van der Waals surface area contributed by atoms with Gasteiger partial charge in [0.2, 0.25) is 5.91 Å². The second kappa shape index (κ2) is 4.70. The van der Waals surface area contributed by atoms with E-state index in [1.165, 1.54) is 6.92 Å². The molecule has 5 nitrogen and oxygen atoms in total. The van der Waals surface area contributed by atoms with Crippen molar-refractivity contribution in [3.05, 3.63) is 30.0 Å². The Kier molecular flexibility index (Phi) is 3.36. The summed E-state index contributed by atoms with van der Waals surface area (Å²) < 4.78 is 22.6. The van der Waals surface area contributed by atoms with Gasteiger partial charge >= 0.3 is 0 Å². The molecule has 102 valence electrons. The minimum absolute atomic E-state index is 0.519. The molecule has 1 aromatic carbocycles. The molecule has 1 atom stereocenters. The van der Waals surface area contributed by atoms with Crippen molar-refractivity contribution in [2.75, 3.05) is 11.6 Å². The van der Waals surface area contributed by atoms with E-state index >= 15 is 0 Å². The van der Waals surface area contributed by atoms with Crippen LogP contribution in [-0.4, -0.2) is 30.8 Å². The van der Waals surface area contributed by atoms with Crippen molar-refractivity contribution in [3.63, 3.8) is 0 Å². The van der Waals surface area contributed by atoms with Gasteiger partial charge in [-0.1, -0.05) is 0 Å². The summed E-state index contributed by atoms with van der Waals surface area (Å²) >= 11 is 0. The molecule has 0 fully saturated rings. The third-order valence-electron chi connectivity index (χ3n) is 3.03. The molecule has 0 radical (unpaired) electrons. The lowest BCUT2D eigenvalue weighted by Crippen LogP contribution is -2.31. The summed E-state index contributed by atoms with van der Waals surface area (Å²) in [7, 11) is -3.38. The number of hydrogen-bond donors (Lipinski definition) is 2. The number of carbonyl (C=O) groups is 1. The number of rotatable bonds is 3. The highest BCUT2D eigenvalue weighted by Crippen LogP contribution is 2.20. The topological polar surface area (TPSA) is 79.0 Å². The van der Waals surface area contributed by atoms with Gasteiger partial charge in [0, 0.05) is 28.5 Å². The lowest BCUT2D eigenvalue weighted by molar-refractivity contribution is -0.115. The van der Waals surface area contributed by atoms with Gasteiger partial charge in [-0.15, -0.1) is 0 Å². The van der Waals surface area contributed by atoms with Gasteiger partial charge in [-0.3, -0.25) is 4.79 Å². The standard InChI is InChI=1S/C13H16N2O3S/c1-8-6-10-7-11(4-5-12(10)14-8)15-13(16)9(2)19(3,17)18/h4-7,9,14H,1-3H3,(H,15,16)/t9-/m0/s1. The number of nitrogens with one attached hydrogen (secondary N) is 2. The normalized spacial score (nSPS) is 13.4. The quantitative estimate of drug-likeness (QED) is 0.900. The highest BCUT2D eigenvalue weighted by Gasteiger charge is 2.23. The van der Waals surface area contributed by atoms with Gasteiger partial charge < -0.3 is 10.3 Å². The Labute approximate surface area is 111 Å². The first-order valence-electron chi connectivity index (χ1n) is 5.86. The zero-order valence-corrected chi connectivity index (χ0v) is 11.8. The molecule has 0 aliphatic rings. The highest BCUT2D eigenvalue weighted by atomic mass is 32.2. The molecule has 2 aromatic rings. The van der Waals surface area contributed by atoms with E-state index in [0.717, 1.165) is 22.9 Å². The SMILES string of the molecule is Cc1cc2cc(NC(=O)[C@H](C)S(C)(=O)=O)ccc2[nH]1. The van der Waals surface area contributed by atoms with Crippen molar-refractivity contribution in [1.82, 2.24) is 4.98 Å². The predicted octanol–water partition coefficient (Wildman–Crippen LogP) is 1.85. The summed E-state index contributed by atoms with van der Waals surface area (Å²) in [5, 5.41) is 2.53. The second-order valence-electron chi connectivity index (χ2n) is 4.72. The number of carbonyl (C=O) groups excluding carboxylic acids is 1. The molecule has 1 heterocycles. The third-order valence-corrected chi connectivity index (χ3v) is 4.53. The van der Waals surface area contributed by atoms with Crippen LogP contribution >= 0.6 is 0 Å². The van der Waals surface area contributed by atoms with Crippen LogP contribution < -0.4 is 5.32 Å². The predicted molar refractivity (Wildman–Crippen MR) is 76.0 cm³/mol. The van der Waals surface area contributed by atoms with E-state index in [4.69, 9.17) is 0 Å². The first-order valence-corrected chi connectivity index (χ1v) is 7.82. The summed E-state index contributed by atoms with van der Waals surface area (Å²) in [5.74, 6) is -0.519. The van der Waals surface area contributed by atoms with Crippen molar-refractivity contribution in [2.45, 2.75) is 19.1 Å². The van der Waals surface area contributed by atoms with E-state index < -0.39 is 21.0 Å². The number of amides is 1. The number of fused-ring (bicyclic) bond motifs is 1. The molecule has 0 saturated heterocycles. The second-order valence-corrected chi connectivity index (χ2v) is 7.08. The summed E-state index contributed by atoms with van der Waals surface area (Å²) in [6.07, 6.45) is 1.05. The van der Waals surface area contributed by atoms with Gasteiger partial charge in [0.25, 0.3) is 0 Å². The van der Waals surface area contributed by atoms with Gasteiger partial charge in [-0.2, -0.15) is 0 Å². The summed E-state index contributed by atoms with van der Waals surface area (Å²) in [6.45, 7) is 3.33. The van der Waals surface area contributed by atoms with Crippen LogP contribution in [0.1, 0.15) is 12.6 Å². The fourth-order valence-electron chi connectivity index (χ4n) is 1.79. The Morgan fingerprint density at radius 1 is 1.32 bits per heavy atom. The molecular formula is C13H16N2O3S. The van der Waals surface area contributed by atoms with E-state index in [2.05, 4.69) is 10.3 Å². The number of hydrogen-bond acceptors (Lipinski definition) is 3. The van der Waals surface area contributed by atoms with Crippen LogP contribution in [0, 0.1) is 6.92 Å². The number of anilines is 1. The average molecular weight is 280 g/mol. The monoisotopic (exact) mass is 280 g/mol. The van der Waals surface area contributed by atoms with Gasteiger partial charge in [-0.25, -0.2) is 8.42 Å². The van der Waals surface area contributed by atoms with Crippen molar-refractivity contribution < 1.29 is 13.2 Å². The minimum Gasteiger partial charge on any atom is -0.359 e. The molecule has 0 aliphatic heterocycles. The van der Waals surface area contributed by atoms with Crippen molar-refractivity contribution >= 4 is 32.3 Å². The van der Waals surface area contributed by atoms with Crippen LogP contribution in [0.5, 0.6) is 0 Å². The van der Waals surface area contributed by atoms with Crippen LogP contribution in [0.15, 0.2) is 24.3 Å². The first kappa shape index (κ1) is 13.6. The molecule has 2 N–H and O–H groups in total. The molecule has 0 saturated carbocycles. The third kappa shape index (κ3) is 2.96. The Morgan fingerprint density at radius 3 is 2.63 bits per heavy atom. The molecule has 1 aromatic heterocycles. The largest absolute Gasteiger partial charge is 0.359 e. The summed E-state index contributed by atoms with van der Waals surface area (Å²) in [4.78, 5) is 15.0. The average Bonchev–Trinajstić information content (AvgIpc) is 2.66. The van der Waals surface area contributed by atoms with Crippen LogP contribution in [-0.2, 0) is 14.6 Å². The van der Waals surface area contributed by atoms with Crippen molar-refractivity contribution in [3.8, 4) is 0 Å². The lowest BCUT2D eigenvalue weighted by Gasteiger charge is -2.10. The molecule has 0 spiro atoms. The molecule has 2 rings (SSSR count). The fraction of sp³-hybridized carbons (Fsp3) is 0.308. The van der Waals surface area contributed by atoms with E-state index in [1.807, 2.05) is 25.1 Å². The maximum atomic E-state index is 11.8. The maximum absolute atomic E-state index is 11.8. The molecule has 0 aliphatic carbocycles. The Morgan fingerprint density at radius 2 is 2.00 bits per heavy atom. The Bertz CT molecular complexity index is 731. The van der Waals surface area contributed by atoms with Crippen LogP contribution in [0.4, 0.5) is 5.69 Å². The van der Waals surface area contributed by atoms with E-state index in [0.29, 0.717) is 5.69 Å².